The Labute approximate surface area is 112 Å². The number of likely N-dealkylation sites (tertiary alicyclic amines) is 1. The Morgan fingerprint density at radius 1 is 1.53 bits per heavy atom. The van der Waals surface area contributed by atoms with Crippen LogP contribution in [-0.4, -0.2) is 36.6 Å². The molecule has 0 aromatic carbocycles. The lowest BCUT2D eigenvalue weighted by atomic mass is 9.94. The molecule has 0 radical (unpaired) electrons. The normalized spacial score (nSPS) is 18.7. The van der Waals surface area contributed by atoms with Crippen LogP contribution in [0.25, 0.3) is 0 Å². The highest BCUT2D eigenvalue weighted by molar-refractivity contribution is 7.15. The minimum absolute atomic E-state index is 0.775. The second kappa shape index (κ2) is 6.69. The Morgan fingerprint density at radius 3 is 2.94 bits per heavy atom. The first-order chi connectivity index (χ1) is 8.24. The van der Waals surface area contributed by atoms with Crippen molar-refractivity contribution in [2.24, 2.45) is 5.92 Å². The molecule has 1 aromatic heterocycles. The summed E-state index contributed by atoms with van der Waals surface area (Å²) in [7, 11) is 2.21. The van der Waals surface area contributed by atoms with E-state index in [9.17, 15) is 0 Å². The van der Waals surface area contributed by atoms with E-state index in [0.717, 1.165) is 28.4 Å². The van der Waals surface area contributed by atoms with Crippen molar-refractivity contribution in [3.8, 4) is 0 Å². The molecule has 1 fully saturated rings. The van der Waals surface area contributed by atoms with Crippen LogP contribution >= 0.6 is 22.9 Å². The number of hydrogen-bond acceptors (Lipinski definition) is 4. The van der Waals surface area contributed by atoms with Gasteiger partial charge in [0.05, 0.1) is 6.20 Å². The molecule has 1 N–H and O–H groups in total. The molecule has 5 heteroatoms. The van der Waals surface area contributed by atoms with Crippen molar-refractivity contribution in [2.75, 3.05) is 26.7 Å². The lowest BCUT2D eigenvalue weighted by molar-refractivity contribution is 0.211. The average Bonchev–Trinajstić information content (AvgIpc) is 2.73. The summed E-state index contributed by atoms with van der Waals surface area (Å²) < 4.78 is 0.775. The Morgan fingerprint density at radius 2 is 2.29 bits per heavy atom. The molecule has 0 unspecified atom stereocenters. The number of nitrogens with zero attached hydrogens (tertiary/aromatic N) is 2. The molecule has 0 aliphatic carbocycles. The van der Waals surface area contributed by atoms with Crippen LogP contribution in [-0.2, 0) is 6.54 Å². The van der Waals surface area contributed by atoms with Crippen LogP contribution in [0.2, 0.25) is 4.34 Å². The standard InChI is InChI=1S/C12H20ClN3S/c1-16-6-3-10(4-7-16)2-5-14-9-12-15-8-11(13)17-12/h8,10,14H,2-7,9H2,1H3. The van der Waals surface area contributed by atoms with E-state index in [1.807, 2.05) is 0 Å². The first-order valence-corrected chi connectivity index (χ1v) is 7.43. The van der Waals surface area contributed by atoms with Crippen LogP contribution in [0.3, 0.4) is 0 Å². The number of aromatic nitrogens is 1. The minimum Gasteiger partial charge on any atom is -0.310 e. The number of halogens is 1. The second-order valence-electron chi connectivity index (χ2n) is 4.77. The predicted molar refractivity (Wildman–Crippen MR) is 73.7 cm³/mol. The number of hydrogen-bond donors (Lipinski definition) is 1. The third kappa shape index (κ3) is 4.54. The van der Waals surface area contributed by atoms with Crippen LogP contribution in [0.1, 0.15) is 24.3 Å². The van der Waals surface area contributed by atoms with E-state index in [0.29, 0.717) is 0 Å². The van der Waals surface area contributed by atoms with Gasteiger partial charge in [0.15, 0.2) is 0 Å². The van der Waals surface area contributed by atoms with E-state index in [2.05, 4.69) is 22.2 Å². The summed E-state index contributed by atoms with van der Waals surface area (Å²) in [5.41, 5.74) is 0. The average molecular weight is 274 g/mol. The fraction of sp³-hybridized carbons (Fsp3) is 0.750. The van der Waals surface area contributed by atoms with Gasteiger partial charge in [-0.05, 0) is 51.9 Å². The van der Waals surface area contributed by atoms with Crippen molar-refractivity contribution in [3.05, 3.63) is 15.5 Å². The van der Waals surface area contributed by atoms with Crippen molar-refractivity contribution in [2.45, 2.75) is 25.8 Å². The largest absolute Gasteiger partial charge is 0.310 e. The first kappa shape index (κ1) is 13.3. The van der Waals surface area contributed by atoms with Crippen LogP contribution in [0.15, 0.2) is 6.20 Å². The molecule has 2 heterocycles. The highest BCUT2D eigenvalue weighted by Gasteiger charge is 2.15. The zero-order valence-electron chi connectivity index (χ0n) is 10.3. The van der Waals surface area contributed by atoms with E-state index < -0.39 is 0 Å². The van der Waals surface area contributed by atoms with Gasteiger partial charge in [-0.15, -0.1) is 11.3 Å². The van der Waals surface area contributed by atoms with Crippen LogP contribution < -0.4 is 5.32 Å². The molecule has 1 aliphatic rings. The maximum absolute atomic E-state index is 5.83. The Bertz CT molecular complexity index is 334. The number of nitrogens with one attached hydrogen (secondary N) is 1. The van der Waals surface area contributed by atoms with Gasteiger partial charge in [0.25, 0.3) is 0 Å². The van der Waals surface area contributed by atoms with Gasteiger partial charge in [0, 0.05) is 6.54 Å². The van der Waals surface area contributed by atoms with Gasteiger partial charge in [-0.2, -0.15) is 0 Å². The zero-order chi connectivity index (χ0) is 12.1. The van der Waals surface area contributed by atoms with Gasteiger partial charge >= 0.3 is 0 Å². The summed E-state index contributed by atoms with van der Waals surface area (Å²) in [6, 6.07) is 0. The summed E-state index contributed by atoms with van der Waals surface area (Å²) in [5.74, 6) is 0.901. The third-order valence-electron chi connectivity index (χ3n) is 3.37. The molecule has 0 amide bonds. The smallest absolute Gasteiger partial charge is 0.113 e. The Hall–Kier alpha value is -0.160. The highest BCUT2D eigenvalue weighted by Crippen LogP contribution is 2.19. The van der Waals surface area contributed by atoms with Gasteiger partial charge in [-0.1, -0.05) is 11.6 Å². The van der Waals surface area contributed by atoms with E-state index in [4.69, 9.17) is 11.6 Å². The quantitative estimate of drug-likeness (QED) is 0.836. The third-order valence-corrected chi connectivity index (χ3v) is 4.48. The summed E-state index contributed by atoms with van der Waals surface area (Å²) in [6.45, 7) is 4.45. The predicted octanol–water partition coefficient (Wildman–Crippen LogP) is 2.62. The highest BCUT2D eigenvalue weighted by atomic mass is 35.5. The topological polar surface area (TPSA) is 28.2 Å². The van der Waals surface area contributed by atoms with Gasteiger partial charge in [-0.3, -0.25) is 0 Å². The van der Waals surface area contributed by atoms with Gasteiger partial charge in [0.1, 0.15) is 9.34 Å². The van der Waals surface area contributed by atoms with Gasteiger partial charge < -0.3 is 10.2 Å². The molecule has 0 spiro atoms. The maximum Gasteiger partial charge on any atom is 0.113 e. The lowest BCUT2D eigenvalue weighted by Crippen LogP contribution is -2.31. The molecule has 2 rings (SSSR count). The maximum atomic E-state index is 5.83. The van der Waals surface area contributed by atoms with E-state index in [-0.39, 0.29) is 0 Å². The second-order valence-corrected chi connectivity index (χ2v) is 6.52. The van der Waals surface area contributed by atoms with Crippen molar-refractivity contribution in [3.63, 3.8) is 0 Å². The summed E-state index contributed by atoms with van der Waals surface area (Å²) in [5, 5.41) is 4.53. The summed E-state index contributed by atoms with van der Waals surface area (Å²) in [6.07, 6.45) is 5.70. The SMILES string of the molecule is CN1CCC(CCNCc2ncc(Cl)s2)CC1. The molecule has 0 bridgehead atoms. The molecule has 1 aromatic rings. The van der Waals surface area contributed by atoms with E-state index in [1.54, 1.807) is 17.5 Å². The van der Waals surface area contributed by atoms with Crippen LogP contribution in [0, 0.1) is 5.92 Å². The van der Waals surface area contributed by atoms with Crippen LogP contribution in [0.5, 0.6) is 0 Å². The number of piperidine rings is 1. The van der Waals surface area contributed by atoms with Gasteiger partial charge in [-0.25, -0.2) is 4.98 Å². The lowest BCUT2D eigenvalue weighted by Gasteiger charge is -2.28. The number of rotatable bonds is 5. The molecule has 1 aliphatic heterocycles. The monoisotopic (exact) mass is 273 g/mol. The molecule has 3 nitrogen and oxygen atoms in total. The molecular weight excluding hydrogens is 254 g/mol. The number of thiazole rings is 1. The zero-order valence-corrected chi connectivity index (χ0v) is 11.9. The molecule has 96 valence electrons. The Balaban J connectivity index is 1.57. The minimum atomic E-state index is 0.775. The first-order valence-electron chi connectivity index (χ1n) is 6.23. The van der Waals surface area contributed by atoms with Crippen molar-refractivity contribution < 1.29 is 0 Å². The van der Waals surface area contributed by atoms with E-state index in [1.165, 1.54) is 32.4 Å². The molecule has 0 saturated carbocycles. The Kier molecular flexibility index (Phi) is 5.22. The van der Waals surface area contributed by atoms with Gasteiger partial charge in [0.2, 0.25) is 0 Å². The van der Waals surface area contributed by atoms with E-state index >= 15 is 0 Å². The molecule has 0 atom stereocenters. The summed E-state index contributed by atoms with van der Waals surface area (Å²) in [4.78, 5) is 6.65. The summed E-state index contributed by atoms with van der Waals surface area (Å²) >= 11 is 7.39. The molecular formula is C12H20ClN3S. The molecule has 1 saturated heterocycles. The fourth-order valence-corrected chi connectivity index (χ4v) is 3.15. The van der Waals surface area contributed by atoms with Crippen molar-refractivity contribution in [1.29, 1.82) is 0 Å². The van der Waals surface area contributed by atoms with Crippen molar-refractivity contribution >= 4 is 22.9 Å². The fourth-order valence-electron chi connectivity index (χ4n) is 2.22. The van der Waals surface area contributed by atoms with Crippen LogP contribution in [0.4, 0.5) is 0 Å². The molecule has 17 heavy (non-hydrogen) atoms. The van der Waals surface area contributed by atoms with Crippen molar-refractivity contribution in [1.82, 2.24) is 15.2 Å².